The lowest BCUT2D eigenvalue weighted by Crippen LogP contribution is -2.15. The molecule has 148 valence electrons. The van der Waals surface area contributed by atoms with Gasteiger partial charge in [0.15, 0.2) is 11.5 Å². The van der Waals surface area contributed by atoms with Crippen LogP contribution in [0.1, 0.15) is 24.3 Å². The van der Waals surface area contributed by atoms with Gasteiger partial charge in [0, 0.05) is 38.0 Å². The fourth-order valence-corrected chi connectivity index (χ4v) is 3.96. The summed E-state index contributed by atoms with van der Waals surface area (Å²) in [4.78, 5) is 13.5. The Kier molecular flexibility index (Phi) is 4.48. The van der Waals surface area contributed by atoms with Crippen molar-refractivity contribution in [1.82, 2.24) is 24.6 Å². The van der Waals surface area contributed by atoms with E-state index < -0.39 is 0 Å². The molecule has 8 heteroatoms. The average Bonchev–Trinajstić information content (AvgIpc) is 3.22. The van der Waals surface area contributed by atoms with Gasteiger partial charge in [-0.15, -0.1) is 5.10 Å². The van der Waals surface area contributed by atoms with Crippen LogP contribution in [-0.2, 0) is 4.74 Å². The highest BCUT2D eigenvalue weighted by molar-refractivity contribution is 5.91. The molecule has 1 aromatic carbocycles. The Labute approximate surface area is 167 Å². The van der Waals surface area contributed by atoms with Crippen molar-refractivity contribution in [2.24, 2.45) is 0 Å². The SMILES string of the molecule is CNc1cc(C2CCOCC2)c2cc(OC)c(-c3nc4cnccn4n3)cc2n1. The predicted octanol–water partition coefficient (Wildman–Crippen LogP) is 3.28. The number of methoxy groups -OCH3 is 1. The molecule has 1 fully saturated rings. The monoisotopic (exact) mass is 390 g/mol. The van der Waals surface area contributed by atoms with Crippen LogP contribution in [0.15, 0.2) is 36.8 Å². The van der Waals surface area contributed by atoms with E-state index in [1.54, 1.807) is 30.2 Å². The number of aromatic nitrogens is 5. The van der Waals surface area contributed by atoms with E-state index in [4.69, 9.17) is 14.5 Å². The first-order valence-corrected chi connectivity index (χ1v) is 9.72. The fraction of sp³-hybridized carbons (Fsp3) is 0.333. The van der Waals surface area contributed by atoms with Crippen molar-refractivity contribution in [2.75, 3.05) is 32.7 Å². The van der Waals surface area contributed by atoms with Gasteiger partial charge in [0.2, 0.25) is 0 Å². The number of hydrogen-bond donors (Lipinski definition) is 1. The molecule has 3 aromatic heterocycles. The van der Waals surface area contributed by atoms with Gasteiger partial charge in [-0.05, 0) is 42.5 Å². The van der Waals surface area contributed by atoms with Gasteiger partial charge in [0.25, 0.3) is 0 Å². The molecule has 29 heavy (non-hydrogen) atoms. The number of ether oxygens (including phenoxy) is 2. The van der Waals surface area contributed by atoms with Crippen molar-refractivity contribution in [2.45, 2.75) is 18.8 Å². The summed E-state index contributed by atoms with van der Waals surface area (Å²) in [5, 5.41) is 8.87. The lowest BCUT2D eigenvalue weighted by Gasteiger charge is -2.24. The van der Waals surface area contributed by atoms with Crippen LogP contribution in [0.4, 0.5) is 5.82 Å². The Hall–Kier alpha value is -3.26. The van der Waals surface area contributed by atoms with Crippen LogP contribution >= 0.6 is 0 Å². The molecule has 1 aliphatic heterocycles. The lowest BCUT2D eigenvalue weighted by atomic mass is 9.88. The summed E-state index contributed by atoms with van der Waals surface area (Å²) in [6, 6.07) is 6.22. The standard InChI is InChI=1S/C21H22N6O2/c1-22-19-11-14(13-3-7-29-8-4-13)15-10-18(28-2)16(9-17(15)24-19)21-25-20-12-23-5-6-27(20)26-21/h5-6,9-13H,3-4,7-8H2,1-2H3,(H,22,24). The maximum atomic E-state index is 5.73. The number of fused-ring (bicyclic) bond motifs is 2. The van der Waals surface area contributed by atoms with E-state index in [9.17, 15) is 0 Å². The second kappa shape index (κ2) is 7.29. The number of nitrogens with one attached hydrogen (secondary N) is 1. The number of rotatable bonds is 4. The van der Waals surface area contributed by atoms with Crippen molar-refractivity contribution in [1.29, 1.82) is 0 Å². The molecule has 1 N–H and O–H groups in total. The molecular weight excluding hydrogens is 368 g/mol. The summed E-state index contributed by atoms with van der Waals surface area (Å²) in [5.41, 5.74) is 3.66. The zero-order chi connectivity index (χ0) is 19.8. The van der Waals surface area contributed by atoms with Crippen molar-refractivity contribution in [3.63, 3.8) is 0 Å². The zero-order valence-corrected chi connectivity index (χ0v) is 16.4. The van der Waals surface area contributed by atoms with Gasteiger partial charge in [-0.2, -0.15) is 0 Å². The highest BCUT2D eigenvalue weighted by Gasteiger charge is 2.22. The van der Waals surface area contributed by atoms with Gasteiger partial charge in [-0.1, -0.05) is 0 Å². The Balaban J connectivity index is 1.71. The second-order valence-electron chi connectivity index (χ2n) is 7.12. The first-order valence-electron chi connectivity index (χ1n) is 9.72. The molecule has 1 aliphatic rings. The van der Waals surface area contributed by atoms with E-state index in [1.807, 2.05) is 13.1 Å². The molecule has 0 amide bonds. The Bertz CT molecular complexity index is 1150. The van der Waals surface area contributed by atoms with Crippen molar-refractivity contribution < 1.29 is 9.47 Å². The van der Waals surface area contributed by atoms with E-state index in [0.29, 0.717) is 17.4 Å². The first-order chi connectivity index (χ1) is 14.3. The van der Waals surface area contributed by atoms with Crippen LogP contribution in [0.25, 0.3) is 27.9 Å². The molecule has 5 rings (SSSR count). The molecule has 0 spiro atoms. The summed E-state index contributed by atoms with van der Waals surface area (Å²) in [5.74, 6) is 2.60. The van der Waals surface area contributed by atoms with Crippen molar-refractivity contribution in [3.05, 3.63) is 42.4 Å². The molecule has 1 saturated heterocycles. The molecular formula is C21H22N6O2. The number of anilines is 1. The van der Waals surface area contributed by atoms with Crippen LogP contribution < -0.4 is 10.1 Å². The predicted molar refractivity (Wildman–Crippen MR) is 110 cm³/mol. The molecule has 0 radical (unpaired) electrons. The number of pyridine rings is 1. The molecule has 0 bridgehead atoms. The van der Waals surface area contributed by atoms with Gasteiger partial charge in [-0.25, -0.2) is 14.5 Å². The van der Waals surface area contributed by atoms with Crippen LogP contribution in [0.2, 0.25) is 0 Å². The quantitative estimate of drug-likeness (QED) is 0.572. The van der Waals surface area contributed by atoms with E-state index in [-0.39, 0.29) is 0 Å². The minimum absolute atomic E-state index is 0.441. The highest BCUT2D eigenvalue weighted by Crippen LogP contribution is 2.38. The van der Waals surface area contributed by atoms with Gasteiger partial charge < -0.3 is 14.8 Å². The third kappa shape index (κ3) is 3.15. The summed E-state index contributed by atoms with van der Waals surface area (Å²) < 4.78 is 13.0. The second-order valence-corrected chi connectivity index (χ2v) is 7.12. The van der Waals surface area contributed by atoms with E-state index in [2.05, 4.69) is 32.5 Å². The summed E-state index contributed by atoms with van der Waals surface area (Å²) >= 11 is 0. The summed E-state index contributed by atoms with van der Waals surface area (Å²) in [6.45, 7) is 1.58. The van der Waals surface area contributed by atoms with Gasteiger partial charge in [-0.3, -0.25) is 4.98 Å². The number of hydrogen-bond acceptors (Lipinski definition) is 7. The summed E-state index contributed by atoms with van der Waals surface area (Å²) in [7, 11) is 3.56. The molecule has 0 aliphatic carbocycles. The Morgan fingerprint density at radius 1 is 1.17 bits per heavy atom. The smallest absolute Gasteiger partial charge is 0.186 e. The Morgan fingerprint density at radius 3 is 2.79 bits per heavy atom. The largest absolute Gasteiger partial charge is 0.496 e. The summed E-state index contributed by atoms with van der Waals surface area (Å²) in [6.07, 6.45) is 7.16. The maximum absolute atomic E-state index is 5.73. The lowest BCUT2D eigenvalue weighted by molar-refractivity contribution is 0.0856. The van der Waals surface area contributed by atoms with E-state index in [0.717, 1.165) is 54.1 Å². The van der Waals surface area contributed by atoms with Crippen molar-refractivity contribution in [3.8, 4) is 17.1 Å². The molecule has 4 aromatic rings. The Morgan fingerprint density at radius 2 is 2.03 bits per heavy atom. The number of benzene rings is 1. The van der Waals surface area contributed by atoms with Crippen LogP contribution in [0.3, 0.4) is 0 Å². The molecule has 4 heterocycles. The van der Waals surface area contributed by atoms with Gasteiger partial charge in [0.1, 0.15) is 11.6 Å². The maximum Gasteiger partial charge on any atom is 0.186 e. The van der Waals surface area contributed by atoms with E-state index in [1.165, 1.54) is 5.56 Å². The van der Waals surface area contributed by atoms with Gasteiger partial charge in [0.05, 0.1) is 24.4 Å². The molecule has 0 atom stereocenters. The van der Waals surface area contributed by atoms with Gasteiger partial charge >= 0.3 is 0 Å². The van der Waals surface area contributed by atoms with Crippen molar-refractivity contribution >= 4 is 22.4 Å². The van der Waals surface area contributed by atoms with Crippen LogP contribution in [0.5, 0.6) is 5.75 Å². The minimum atomic E-state index is 0.441. The minimum Gasteiger partial charge on any atom is -0.496 e. The van der Waals surface area contributed by atoms with E-state index >= 15 is 0 Å². The fourth-order valence-electron chi connectivity index (χ4n) is 3.96. The molecule has 0 unspecified atom stereocenters. The third-order valence-corrected chi connectivity index (χ3v) is 5.46. The molecule has 8 nitrogen and oxygen atoms in total. The first kappa shape index (κ1) is 17.8. The topological polar surface area (TPSA) is 86.5 Å². The van der Waals surface area contributed by atoms with Crippen LogP contribution in [-0.4, -0.2) is 51.9 Å². The zero-order valence-electron chi connectivity index (χ0n) is 16.4. The molecule has 0 saturated carbocycles. The van der Waals surface area contributed by atoms with Crippen LogP contribution in [0, 0.1) is 0 Å². The highest BCUT2D eigenvalue weighted by atomic mass is 16.5. The number of nitrogens with zero attached hydrogens (tertiary/aromatic N) is 5. The third-order valence-electron chi connectivity index (χ3n) is 5.46. The average molecular weight is 390 g/mol. The normalized spacial score (nSPS) is 15.1.